The molecule has 1 aliphatic rings. The van der Waals surface area contributed by atoms with E-state index >= 15 is 0 Å². The number of aromatic nitrogens is 6. The van der Waals surface area contributed by atoms with Gasteiger partial charge in [0.2, 0.25) is 0 Å². The van der Waals surface area contributed by atoms with E-state index in [0.29, 0.717) is 47.9 Å². The molecule has 0 fully saturated rings. The van der Waals surface area contributed by atoms with Crippen molar-refractivity contribution in [2.24, 2.45) is 5.92 Å². The van der Waals surface area contributed by atoms with E-state index in [-0.39, 0.29) is 23.2 Å². The largest absolute Gasteiger partial charge is 0.444 e. The van der Waals surface area contributed by atoms with Crippen molar-refractivity contribution in [2.75, 3.05) is 6.61 Å². The normalized spacial score (nSPS) is 16.2. The third kappa shape index (κ3) is 6.44. The molecule has 0 bridgehead atoms. The third-order valence-electron chi connectivity index (χ3n) is 9.03. The van der Waals surface area contributed by atoms with E-state index in [0.717, 1.165) is 23.2 Å². The molecular formula is C33H49N7O4Si. The molecule has 12 heteroatoms. The zero-order valence-corrected chi connectivity index (χ0v) is 29.8. The topological polar surface area (TPSA) is 109 Å². The maximum Gasteiger partial charge on any atom is 0.410 e. The highest BCUT2D eigenvalue weighted by Gasteiger charge is 2.37. The summed E-state index contributed by atoms with van der Waals surface area (Å²) in [6.45, 7) is 24.4. The molecule has 244 valence electrons. The summed E-state index contributed by atoms with van der Waals surface area (Å²) in [4.78, 5) is 29.2. The Hall–Kier alpha value is -3.51. The average Bonchev–Trinajstić information content (AvgIpc) is 3.50. The first-order chi connectivity index (χ1) is 20.9. The SMILES string of the molecule is CC(C)Cc1cnn2c3c(c(=O)n(-c4ccc5c(c4)nnn5CCO[Si](C)(C)C(C)(C)C)c12)CC(C)N(C(=O)OC(C)(C)C)C3. The van der Waals surface area contributed by atoms with E-state index in [1.165, 1.54) is 0 Å². The molecule has 1 unspecified atom stereocenters. The second-order valence-electron chi connectivity index (χ2n) is 15.3. The number of carbonyl (C=O) groups is 1. The van der Waals surface area contributed by atoms with Crippen LogP contribution in [0, 0.1) is 5.92 Å². The lowest BCUT2D eigenvalue weighted by Gasteiger charge is -2.36. The predicted molar refractivity (Wildman–Crippen MR) is 179 cm³/mol. The van der Waals surface area contributed by atoms with E-state index in [1.807, 2.05) is 61.3 Å². The number of rotatable bonds is 7. The Labute approximate surface area is 266 Å². The summed E-state index contributed by atoms with van der Waals surface area (Å²) in [7, 11) is -1.88. The minimum Gasteiger partial charge on any atom is -0.444 e. The molecule has 1 atom stereocenters. The molecule has 3 aromatic heterocycles. The Kier molecular flexibility index (Phi) is 8.54. The van der Waals surface area contributed by atoms with Gasteiger partial charge in [-0.25, -0.2) is 14.0 Å². The molecule has 1 aliphatic heterocycles. The van der Waals surface area contributed by atoms with Crippen molar-refractivity contribution in [2.45, 2.75) is 118 Å². The standard InChI is InChI=1S/C33H49N7O4Si/c1-21(2)16-23-19-34-40-28-20-37(31(42)44-32(4,5)6)22(3)17-25(28)30(41)39(29(23)40)24-12-13-27-26(18-24)35-36-38(27)14-15-43-45(10,11)33(7,8)9/h12-13,18-19,21-22H,14-17,20H2,1-11H3. The summed E-state index contributed by atoms with van der Waals surface area (Å²) in [6.07, 6.45) is 2.60. The Morgan fingerprint density at radius 2 is 1.84 bits per heavy atom. The molecule has 45 heavy (non-hydrogen) atoms. The fourth-order valence-electron chi connectivity index (χ4n) is 5.64. The van der Waals surface area contributed by atoms with Crippen LogP contribution in [0.4, 0.5) is 4.79 Å². The summed E-state index contributed by atoms with van der Waals surface area (Å²) in [5, 5.41) is 13.8. The Balaban J connectivity index is 1.56. The quantitative estimate of drug-likeness (QED) is 0.225. The van der Waals surface area contributed by atoms with Crippen molar-refractivity contribution in [3.63, 3.8) is 0 Å². The van der Waals surface area contributed by atoms with E-state index in [9.17, 15) is 9.59 Å². The van der Waals surface area contributed by atoms with Gasteiger partial charge in [0, 0.05) is 23.6 Å². The number of fused-ring (bicyclic) bond motifs is 4. The summed E-state index contributed by atoms with van der Waals surface area (Å²) in [5.74, 6) is 0.354. The van der Waals surface area contributed by atoms with Crippen LogP contribution in [0.25, 0.3) is 22.4 Å². The minimum atomic E-state index is -1.88. The van der Waals surface area contributed by atoms with E-state index < -0.39 is 20.0 Å². The molecule has 1 aromatic carbocycles. The van der Waals surface area contributed by atoms with Gasteiger partial charge in [-0.15, -0.1) is 5.10 Å². The molecule has 0 aliphatic carbocycles. The molecule has 0 saturated carbocycles. The summed E-state index contributed by atoms with van der Waals surface area (Å²) >= 11 is 0. The van der Waals surface area contributed by atoms with Crippen LogP contribution in [0.3, 0.4) is 0 Å². The fourth-order valence-corrected chi connectivity index (χ4v) is 6.68. The maximum absolute atomic E-state index is 14.4. The van der Waals surface area contributed by atoms with Gasteiger partial charge in [-0.1, -0.05) is 39.8 Å². The average molecular weight is 636 g/mol. The van der Waals surface area contributed by atoms with E-state index in [1.54, 1.807) is 9.47 Å². The Morgan fingerprint density at radius 3 is 2.49 bits per heavy atom. The highest BCUT2D eigenvalue weighted by atomic mass is 28.4. The highest BCUT2D eigenvalue weighted by Crippen LogP contribution is 2.36. The van der Waals surface area contributed by atoms with Gasteiger partial charge in [-0.05, 0) is 76.4 Å². The number of amides is 1. The lowest BCUT2D eigenvalue weighted by molar-refractivity contribution is 0.0131. The second kappa shape index (κ2) is 11.7. The Morgan fingerprint density at radius 1 is 1.13 bits per heavy atom. The molecule has 0 saturated heterocycles. The maximum atomic E-state index is 14.4. The molecule has 4 aromatic rings. The van der Waals surface area contributed by atoms with Crippen LogP contribution < -0.4 is 5.56 Å². The number of benzene rings is 1. The van der Waals surface area contributed by atoms with Gasteiger partial charge in [0.15, 0.2) is 8.32 Å². The molecule has 0 N–H and O–H groups in total. The summed E-state index contributed by atoms with van der Waals surface area (Å²) in [5.41, 5.74) is 4.63. The van der Waals surface area contributed by atoms with Gasteiger partial charge >= 0.3 is 6.09 Å². The van der Waals surface area contributed by atoms with Crippen molar-refractivity contribution < 1.29 is 14.0 Å². The van der Waals surface area contributed by atoms with Crippen molar-refractivity contribution in [1.29, 1.82) is 0 Å². The van der Waals surface area contributed by atoms with Crippen LogP contribution >= 0.6 is 0 Å². The van der Waals surface area contributed by atoms with E-state index in [2.05, 4.69) is 58.0 Å². The van der Waals surface area contributed by atoms with Crippen molar-refractivity contribution in [1.82, 2.24) is 34.1 Å². The second-order valence-corrected chi connectivity index (χ2v) is 20.1. The molecule has 0 spiro atoms. The van der Waals surface area contributed by atoms with Gasteiger partial charge in [0.05, 0.1) is 42.8 Å². The zero-order chi connectivity index (χ0) is 33.1. The minimum absolute atomic E-state index is 0.104. The van der Waals surface area contributed by atoms with Crippen molar-refractivity contribution >= 4 is 31.1 Å². The molecular weight excluding hydrogens is 586 g/mol. The smallest absolute Gasteiger partial charge is 0.410 e. The van der Waals surface area contributed by atoms with Crippen LogP contribution in [-0.2, 0) is 35.1 Å². The molecule has 11 nitrogen and oxygen atoms in total. The first kappa shape index (κ1) is 32.9. The molecule has 1 amide bonds. The predicted octanol–water partition coefficient (Wildman–Crippen LogP) is 6.13. The van der Waals surface area contributed by atoms with Crippen LogP contribution in [0.5, 0.6) is 0 Å². The number of nitrogens with zero attached hydrogens (tertiary/aromatic N) is 7. The summed E-state index contributed by atoms with van der Waals surface area (Å²) in [6, 6.07) is 5.64. The molecule has 4 heterocycles. The van der Waals surface area contributed by atoms with Crippen molar-refractivity contribution in [3.8, 4) is 5.69 Å². The van der Waals surface area contributed by atoms with Crippen LogP contribution in [0.1, 0.15) is 79.1 Å². The van der Waals surface area contributed by atoms with Crippen LogP contribution in [0.2, 0.25) is 18.1 Å². The number of hydrogen-bond acceptors (Lipinski definition) is 7. The Bertz CT molecular complexity index is 1790. The fraction of sp³-hybridized carbons (Fsp3) is 0.606. The number of hydrogen-bond donors (Lipinski definition) is 0. The lowest BCUT2D eigenvalue weighted by Crippen LogP contribution is -2.48. The van der Waals surface area contributed by atoms with Crippen LogP contribution in [0.15, 0.2) is 29.2 Å². The first-order valence-corrected chi connectivity index (χ1v) is 18.9. The monoisotopic (exact) mass is 635 g/mol. The van der Waals surface area contributed by atoms with Gasteiger partial charge in [-0.2, -0.15) is 5.10 Å². The van der Waals surface area contributed by atoms with Gasteiger partial charge in [0.1, 0.15) is 16.8 Å². The number of ether oxygens (including phenoxy) is 1. The molecule has 5 rings (SSSR count). The first-order valence-electron chi connectivity index (χ1n) is 16.0. The van der Waals surface area contributed by atoms with Gasteiger partial charge < -0.3 is 9.16 Å². The molecule has 0 radical (unpaired) electrons. The highest BCUT2D eigenvalue weighted by molar-refractivity contribution is 6.74. The van der Waals surface area contributed by atoms with Gasteiger partial charge in [0.25, 0.3) is 5.56 Å². The van der Waals surface area contributed by atoms with E-state index in [4.69, 9.17) is 14.3 Å². The lowest BCUT2D eigenvalue weighted by atomic mass is 9.99. The van der Waals surface area contributed by atoms with Crippen LogP contribution in [-0.4, -0.2) is 66.7 Å². The summed E-state index contributed by atoms with van der Waals surface area (Å²) < 4.78 is 17.6. The zero-order valence-electron chi connectivity index (χ0n) is 28.8. The van der Waals surface area contributed by atoms with Crippen molar-refractivity contribution in [3.05, 3.63) is 51.6 Å². The third-order valence-corrected chi connectivity index (χ3v) is 13.6. The van der Waals surface area contributed by atoms with Gasteiger partial charge in [-0.3, -0.25) is 14.3 Å². The number of carbonyl (C=O) groups excluding carboxylic acids is 1.